The number of ether oxygens (including phenoxy) is 1. The van der Waals surface area contributed by atoms with E-state index in [-0.39, 0.29) is 11.8 Å². The summed E-state index contributed by atoms with van der Waals surface area (Å²) in [5.41, 5.74) is 2.34. The average Bonchev–Trinajstić information content (AvgIpc) is 2.77. The number of amides is 2. The van der Waals surface area contributed by atoms with E-state index in [4.69, 9.17) is 4.74 Å². The summed E-state index contributed by atoms with van der Waals surface area (Å²) in [7, 11) is 1.64. The predicted molar refractivity (Wildman–Crippen MR) is 116 cm³/mol. The van der Waals surface area contributed by atoms with Crippen LogP contribution in [0, 0.1) is 6.92 Å². The Morgan fingerprint density at radius 1 is 0.897 bits per heavy atom. The third kappa shape index (κ3) is 6.26. The van der Waals surface area contributed by atoms with Crippen molar-refractivity contribution in [2.45, 2.75) is 24.7 Å². The standard InChI is InChI=1S/C23H28N2O3S/c1-18-3-10-21(11-4-18)29-17-23(27)25-15-13-24(14-16-25)22(26)12-7-19-5-8-20(28-2)9-6-19/h3-6,8-11H,7,12-17H2,1-2H3. The topological polar surface area (TPSA) is 49.9 Å². The van der Waals surface area contributed by atoms with Gasteiger partial charge >= 0.3 is 0 Å². The molecule has 0 aliphatic carbocycles. The fourth-order valence-electron chi connectivity index (χ4n) is 3.28. The van der Waals surface area contributed by atoms with Crippen molar-refractivity contribution in [2.24, 2.45) is 0 Å². The van der Waals surface area contributed by atoms with E-state index in [0.29, 0.717) is 38.4 Å². The number of benzene rings is 2. The smallest absolute Gasteiger partial charge is 0.233 e. The fourth-order valence-corrected chi connectivity index (χ4v) is 4.08. The minimum atomic E-state index is 0.140. The first-order valence-electron chi connectivity index (χ1n) is 9.93. The lowest BCUT2D eigenvalue weighted by molar-refractivity contribution is -0.138. The zero-order chi connectivity index (χ0) is 20.6. The number of carbonyl (C=O) groups excluding carboxylic acids is 2. The van der Waals surface area contributed by atoms with Gasteiger partial charge in [0.1, 0.15) is 5.75 Å². The molecule has 2 aromatic rings. The first-order valence-corrected chi connectivity index (χ1v) is 10.9. The summed E-state index contributed by atoms with van der Waals surface area (Å²) in [6.45, 7) is 4.51. The maximum absolute atomic E-state index is 12.5. The van der Waals surface area contributed by atoms with Crippen LogP contribution in [0.5, 0.6) is 5.75 Å². The summed E-state index contributed by atoms with van der Waals surface area (Å²) in [5.74, 6) is 1.55. The molecular weight excluding hydrogens is 384 g/mol. The molecule has 0 bridgehead atoms. The van der Waals surface area contributed by atoms with Crippen LogP contribution in [0.25, 0.3) is 0 Å². The summed E-state index contributed by atoms with van der Waals surface area (Å²) in [6.07, 6.45) is 1.21. The lowest BCUT2D eigenvalue weighted by Gasteiger charge is -2.35. The quantitative estimate of drug-likeness (QED) is 0.654. The van der Waals surface area contributed by atoms with Crippen molar-refractivity contribution in [3.63, 3.8) is 0 Å². The molecule has 2 aromatic carbocycles. The molecule has 3 rings (SSSR count). The summed E-state index contributed by atoms with van der Waals surface area (Å²) < 4.78 is 5.16. The molecule has 0 unspecified atom stereocenters. The van der Waals surface area contributed by atoms with Gasteiger partial charge < -0.3 is 14.5 Å². The van der Waals surface area contributed by atoms with Gasteiger partial charge in [0.2, 0.25) is 11.8 Å². The number of rotatable bonds is 7. The van der Waals surface area contributed by atoms with Crippen LogP contribution < -0.4 is 4.74 Å². The first-order chi connectivity index (χ1) is 14.0. The van der Waals surface area contributed by atoms with E-state index in [1.807, 2.05) is 46.2 Å². The zero-order valence-electron chi connectivity index (χ0n) is 17.1. The maximum Gasteiger partial charge on any atom is 0.233 e. The monoisotopic (exact) mass is 412 g/mol. The molecule has 1 aliphatic rings. The summed E-state index contributed by atoms with van der Waals surface area (Å²) in [5, 5.41) is 0. The minimum Gasteiger partial charge on any atom is -0.497 e. The third-order valence-corrected chi connectivity index (χ3v) is 6.15. The molecule has 1 fully saturated rings. The van der Waals surface area contributed by atoms with Crippen LogP contribution in [0.15, 0.2) is 53.4 Å². The van der Waals surface area contributed by atoms with Gasteiger partial charge in [0.05, 0.1) is 12.9 Å². The van der Waals surface area contributed by atoms with Crippen LogP contribution in [0.1, 0.15) is 17.5 Å². The second-order valence-electron chi connectivity index (χ2n) is 7.21. The van der Waals surface area contributed by atoms with Crippen molar-refractivity contribution in [3.8, 4) is 5.75 Å². The van der Waals surface area contributed by atoms with Crippen molar-refractivity contribution < 1.29 is 14.3 Å². The van der Waals surface area contributed by atoms with Gasteiger partial charge in [-0.2, -0.15) is 0 Å². The molecule has 0 radical (unpaired) electrons. The molecule has 5 nitrogen and oxygen atoms in total. The molecule has 29 heavy (non-hydrogen) atoms. The Morgan fingerprint density at radius 2 is 1.48 bits per heavy atom. The highest BCUT2D eigenvalue weighted by molar-refractivity contribution is 8.00. The molecule has 1 saturated heterocycles. The SMILES string of the molecule is COc1ccc(CCC(=O)N2CCN(C(=O)CSc3ccc(C)cc3)CC2)cc1. The van der Waals surface area contributed by atoms with Gasteiger partial charge in [-0.25, -0.2) is 0 Å². The fraction of sp³-hybridized carbons (Fsp3) is 0.391. The van der Waals surface area contributed by atoms with Crippen molar-refractivity contribution in [1.29, 1.82) is 0 Å². The van der Waals surface area contributed by atoms with Gasteiger partial charge in [-0.1, -0.05) is 29.8 Å². The largest absolute Gasteiger partial charge is 0.497 e. The Morgan fingerprint density at radius 3 is 2.07 bits per heavy atom. The minimum absolute atomic E-state index is 0.140. The predicted octanol–water partition coefficient (Wildman–Crippen LogP) is 3.40. The van der Waals surface area contributed by atoms with Gasteiger partial charge in [-0.3, -0.25) is 9.59 Å². The summed E-state index contributed by atoms with van der Waals surface area (Å²) >= 11 is 1.57. The number of carbonyl (C=O) groups is 2. The van der Waals surface area contributed by atoms with Gasteiger partial charge in [0.15, 0.2) is 0 Å². The van der Waals surface area contributed by atoms with Gasteiger partial charge in [-0.15, -0.1) is 11.8 Å². The van der Waals surface area contributed by atoms with Crippen molar-refractivity contribution in [2.75, 3.05) is 39.0 Å². The molecule has 154 valence electrons. The van der Waals surface area contributed by atoms with E-state index in [0.717, 1.165) is 22.6 Å². The van der Waals surface area contributed by atoms with Crippen LogP contribution in [-0.2, 0) is 16.0 Å². The second kappa shape index (κ2) is 10.3. The number of aryl methyl sites for hydroxylation is 2. The highest BCUT2D eigenvalue weighted by atomic mass is 32.2. The molecule has 0 spiro atoms. The Kier molecular flexibility index (Phi) is 7.58. The van der Waals surface area contributed by atoms with Gasteiger partial charge in [0.25, 0.3) is 0 Å². The van der Waals surface area contributed by atoms with Crippen molar-refractivity contribution in [3.05, 3.63) is 59.7 Å². The Balaban J connectivity index is 1.38. The van der Waals surface area contributed by atoms with Crippen LogP contribution in [0.3, 0.4) is 0 Å². The second-order valence-corrected chi connectivity index (χ2v) is 8.26. The van der Waals surface area contributed by atoms with E-state index in [1.165, 1.54) is 5.56 Å². The third-order valence-electron chi connectivity index (χ3n) is 5.15. The first kappa shape index (κ1) is 21.2. The summed E-state index contributed by atoms with van der Waals surface area (Å²) in [4.78, 5) is 29.8. The van der Waals surface area contributed by atoms with E-state index >= 15 is 0 Å². The number of hydrogen-bond acceptors (Lipinski definition) is 4. The molecule has 1 aliphatic heterocycles. The van der Waals surface area contributed by atoms with Crippen LogP contribution in [0.2, 0.25) is 0 Å². The molecule has 1 heterocycles. The lowest BCUT2D eigenvalue weighted by Crippen LogP contribution is -2.51. The van der Waals surface area contributed by atoms with Gasteiger partial charge in [-0.05, 0) is 43.2 Å². The Labute approximate surface area is 177 Å². The molecular formula is C23H28N2O3S. The highest BCUT2D eigenvalue weighted by Crippen LogP contribution is 2.19. The zero-order valence-corrected chi connectivity index (χ0v) is 17.9. The van der Waals surface area contributed by atoms with E-state index < -0.39 is 0 Å². The molecule has 2 amide bonds. The van der Waals surface area contributed by atoms with Crippen LogP contribution in [0.4, 0.5) is 0 Å². The highest BCUT2D eigenvalue weighted by Gasteiger charge is 2.23. The van der Waals surface area contributed by atoms with E-state index in [9.17, 15) is 9.59 Å². The molecule has 0 atom stereocenters. The molecule has 0 saturated carbocycles. The van der Waals surface area contributed by atoms with Crippen molar-refractivity contribution >= 4 is 23.6 Å². The lowest BCUT2D eigenvalue weighted by atomic mass is 10.1. The Hall–Kier alpha value is -2.47. The number of nitrogens with zero attached hydrogens (tertiary/aromatic N) is 2. The Bertz CT molecular complexity index is 813. The average molecular weight is 413 g/mol. The van der Waals surface area contributed by atoms with Crippen LogP contribution >= 0.6 is 11.8 Å². The molecule has 0 N–H and O–H groups in total. The number of thioether (sulfide) groups is 1. The van der Waals surface area contributed by atoms with E-state index in [2.05, 4.69) is 19.1 Å². The molecule has 6 heteroatoms. The number of methoxy groups -OCH3 is 1. The van der Waals surface area contributed by atoms with Gasteiger partial charge in [0, 0.05) is 37.5 Å². The van der Waals surface area contributed by atoms with Crippen LogP contribution in [-0.4, -0.2) is 60.7 Å². The summed E-state index contributed by atoms with van der Waals surface area (Å²) in [6, 6.07) is 16.0. The van der Waals surface area contributed by atoms with Crippen molar-refractivity contribution in [1.82, 2.24) is 9.80 Å². The maximum atomic E-state index is 12.5. The number of piperazine rings is 1. The molecule has 0 aromatic heterocycles. The van der Waals surface area contributed by atoms with E-state index in [1.54, 1.807) is 18.9 Å². The number of hydrogen-bond donors (Lipinski definition) is 0. The normalized spacial score (nSPS) is 14.0.